The van der Waals surface area contributed by atoms with E-state index in [2.05, 4.69) is 23.7 Å². The van der Waals surface area contributed by atoms with Crippen molar-refractivity contribution >= 4 is 35.2 Å². The van der Waals surface area contributed by atoms with Crippen molar-refractivity contribution in [3.05, 3.63) is 70.4 Å². The Balaban J connectivity index is 1.83. The summed E-state index contributed by atoms with van der Waals surface area (Å²) in [5.41, 5.74) is 3.08. The SMILES string of the molecule is CCN(CC)c1ccc(C=C2N=C(c3ccc(Cl)cc3)OC2=O)cc1. The van der Waals surface area contributed by atoms with Gasteiger partial charge < -0.3 is 9.64 Å². The fourth-order valence-corrected chi connectivity index (χ4v) is 2.78. The number of ether oxygens (including phenoxy) is 1. The number of rotatable bonds is 5. The van der Waals surface area contributed by atoms with Crippen molar-refractivity contribution in [1.82, 2.24) is 0 Å². The van der Waals surface area contributed by atoms with Crippen LogP contribution in [0.4, 0.5) is 5.69 Å². The fraction of sp³-hybridized carbons (Fsp3) is 0.200. The summed E-state index contributed by atoms with van der Waals surface area (Å²) in [6.45, 7) is 6.16. The second-order valence-electron chi connectivity index (χ2n) is 5.61. The Morgan fingerprint density at radius 2 is 1.68 bits per heavy atom. The minimum Gasteiger partial charge on any atom is -0.402 e. The number of hydrogen-bond donors (Lipinski definition) is 0. The standard InChI is InChI=1S/C20H19ClN2O2/c1-3-23(4-2)17-11-5-14(6-12-17)13-18-20(24)25-19(22-18)15-7-9-16(21)10-8-15/h5-13H,3-4H2,1-2H3. The molecule has 0 bridgehead atoms. The van der Waals surface area contributed by atoms with E-state index in [0.29, 0.717) is 16.6 Å². The van der Waals surface area contributed by atoms with Crippen molar-refractivity contribution in [2.24, 2.45) is 4.99 Å². The maximum Gasteiger partial charge on any atom is 0.363 e. The smallest absolute Gasteiger partial charge is 0.363 e. The molecule has 1 heterocycles. The summed E-state index contributed by atoms with van der Waals surface area (Å²) in [5.74, 6) is -0.148. The van der Waals surface area contributed by atoms with Gasteiger partial charge in [-0.1, -0.05) is 23.7 Å². The quantitative estimate of drug-likeness (QED) is 0.585. The van der Waals surface area contributed by atoms with Gasteiger partial charge in [0, 0.05) is 29.4 Å². The molecular weight excluding hydrogens is 336 g/mol. The van der Waals surface area contributed by atoms with Crippen LogP contribution in [0.1, 0.15) is 25.0 Å². The molecule has 0 atom stereocenters. The molecule has 1 aliphatic heterocycles. The number of benzene rings is 2. The zero-order valence-electron chi connectivity index (χ0n) is 14.2. The van der Waals surface area contributed by atoms with E-state index >= 15 is 0 Å². The van der Waals surface area contributed by atoms with Crippen molar-refractivity contribution in [1.29, 1.82) is 0 Å². The number of hydrogen-bond acceptors (Lipinski definition) is 4. The van der Waals surface area contributed by atoms with Gasteiger partial charge >= 0.3 is 5.97 Å². The Kier molecular flexibility index (Phi) is 5.19. The maximum absolute atomic E-state index is 12.1. The summed E-state index contributed by atoms with van der Waals surface area (Å²) >= 11 is 5.88. The second kappa shape index (κ2) is 7.53. The summed E-state index contributed by atoms with van der Waals surface area (Å²) in [7, 11) is 0. The molecule has 0 N–H and O–H groups in total. The number of anilines is 1. The Hall–Kier alpha value is -2.59. The van der Waals surface area contributed by atoms with Gasteiger partial charge in [0.2, 0.25) is 5.90 Å². The van der Waals surface area contributed by atoms with E-state index in [1.54, 1.807) is 30.3 Å². The molecule has 25 heavy (non-hydrogen) atoms. The van der Waals surface area contributed by atoms with Crippen LogP contribution in [0.5, 0.6) is 0 Å². The molecule has 0 fully saturated rings. The highest BCUT2D eigenvalue weighted by molar-refractivity contribution is 6.30. The predicted octanol–water partition coefficient (Wildman–Crippen LogP) is 4.53. The van der Waals surface area contributed by atoms with E-state index in [0.717, 1.165) is 29.9 Å². The largest absolute Gasteiger partial charge is 0.402 e. The lowest BCUT2D eigenvalue weighted by Crippen LogP contribution is -2.21. The third-order valence-corrected chi connectivity index (χ3v) is 4.29. The Morgan fingerprint density at radius 1 is 1.04 bits per heavy atom. The molecule has 2 aromatic rings. The monoisotopic (exact) mass is 354 g/mol. The van der Waals surface area contributed by atoms with Crippen LogP contribution in [-0.4, -0.2) is 25.0 Å². The van der Waals surface area contributed by atoms with Gasteiger partial charge in [-0.3, -0.25) is 0 Å². The van der Waals surface area contributed by atoms with Crippen LogP contribution >= 0.6 is 11.6 Å². The first-order chi connectivity index (χ1) is 12.1. The first kappa shape index (κ1) is 17.2. The van der Waals surface area contributed by atoms with Gasteiger partial charge in [0.15, 0.2) is 5.70 Å². The summed E-state index contributed by atoms with van der Waals surface area (Å²) in [4.78, 5) is 18.6. The van der Waals surface area contributed by atoms with Crippen molar-refractivity contribution in [2.75, 3.05) is 18.0 Å². The summed E-state index contributed by atoms with van der Waals surface area (Å²) in [6, 6.07) is 15.1. The van der Waals surface area contributed by atoms with Crippen LogP contribution in [0, 0.1) is 0 Å². The van der Waals surface area contributed by atoms with E-state index in [-0.39, 0.29) is 0 Å². The van der Waals surface area contributed by atoms with Gasteiger partial charge in [-0.15, -0.1) is 0 Å². The lowest BCUT2D eigenvalue weighted by Gasteiger charge is -2.20. The molecule has 0 amide bonds. The first-order valence-electron chi connectivity index (χ1n) is 8.24. The average Bonchev–Trinajstić information content (AvgIpc) is 2.99. The number of halogens is 1. The second-order valence-corrected chi connectivity index (χ2v) is 6.04. The van der Waals surface area contributed by atoms with E-state index in [4.69, 9.17) is 16.3 Å². The molecule has 0 saturated carbocycles. The average molecular weight is 355 g/mol. The highest BCUT2D eigenvalue weighted by Gasteiger charge is 2.24. The van der Waals surface area contributed by atoms with Gasteiger partial charge in [0.1, 0.15) is 0 Å². The third-order valence-electron chi connectivity index (χ3n) is 4.04. The zero-order valence-corrected chi connectivity index (χ0v) is 15.0. The van der Waals surface area contributed by atoms with Crippen LogP contribution in [-0.2, 0) is 9.53 Å². The molecule has 0 saturated heterocycles. The molecule has 128 valence electrons. The van der Waals surface area contributed by atoms with Crippen molar-refractivity contribution in [3.63, 3.8) is 0 Å². The zero-order chi connectivity index (χ0) is 17.8. The molecule has 0 aliphatic carbocycles. The van der Waals surface area contributed by atoms with Crippen LogP contribution in [0.25, 0.3) is 6.08 Å². The van der Waals surface area contributed by atoms with E-state index in [1.807, 2.05) is 24.3 Å². The van der Waals surface area contributed by atoms with Crippen molar-refractivity contribution in [3.8, 4) is 0 Å². The normalized spacial score (nSPS) is 15.2. The number of esters is 1. The molecule has 0 radical (unpaired) electrons. The van der Waals surface area contributed by atoms with Crippen molar-refractivity contribution in [2.45, 2.75) is 13.8 Å². The summed E-state index contributed by atoms with van der Waals surface area (Å²) in [5, 5.41) is 0.623. The van der Waals surface area contributed by atoms with Gasteiger partial charge in [0.25, 0.3) is 0 Å². The van der Waals surface area contributed by atoms with Gasteiger partial charge in [-0.2, -0.15) is 0 Å². The minimum atomic E-state index is -0.447. The molecule has 4 nitrogen and oxygen atoms in total. The molecule has 1 aliphatic rings. The Labute approximate surface area is 152 Å². The van der Waals surface area contributed by atoms with Crippen LogP contribution in [0.15, 0.2) is 59.2 Å². The Bertz CT molecular complexity index is 820. The first-order valence-corrected chi connectivity index (χ1v) is 8.62. The minimum absolute atomic E-state index is 0.292. The van der Waals surface area contributed by atoms with Crippen LogP contribution in [0.3, 0.4) is 0 Å². The highest BCUT2D eigenvalue weighted by Crippen LogP contribution is 2.22. The number of aliphatic imine (C=N–C) groups is 1. The molecule has 0 spiro atoms. The highest BCUT2D eigenvalue weighted by atomic mass is 35.5. The number of cyclic esters (lactones) is 1. The number of carbonyl (C=O) groups excluding carboxylic acids is 1. The Morgan fingerprint density at radius 3 is 2.28 bits per heavy atom. The fourth-order valence-electron chi connectivity index (χ4n) is 2.65. The third kappa shape index (κ3) is 3.91. The molecule has 0 aromatic heterocycles. The topological polar surface area (TPSA) is 41.9 Å². The number of nitrogens with zero attached hydrogens (tertiary/aromatic N) is 2. The van der Waals surface area contributed by atoms with Gasteiger partial charge in [-0.25, -0.2) is 9.79 Å². The van der Waals surface area contributed by atoms with Crippen LogP contribution < -0.4 is 4.90 Å². The van der Waals surface area contributed by atoms with Crippen LogP contribution in [0.2, 0.25) is 5.02 Å². The number of carbonyl (C=O) groups is 1. The van der Waals surface area contributed by atoms with Crippen molar-refractivity contribution < 1.29 is 9.53 Å². The molecule has 5 heteroatoms. The predicted molar refractivity (Wildman–Crippen MR) is 102 cm³/mol. The van der Waals surface area contributed by atoms with E-state index in [9.17, 15) is 4.79 Å². The van der Waals surface area contributed by atoms with E-state index in [1.165, 1.54) is 0 Å². The molecule has 3 rings (SSSR count). The van der Waals surface area contributed by atoms with Gasteiger partial charge in [0.05, 0.1) is 0 Å². The molecule has 2 aromatic carbocycles. The van der Waals surface area contributed by atoms with E-state index < -0.39 is 5.97 Å². The lowest BCUT2D eigenvalue weighted by atomic mass is 10.1. The maximum atomic E-state index is 12.1. The molecular formula is C20H19ClN2O2. The summed E-state index contributed by atoms with van der Waals surface area (Å²) < 4.78 is 5.26. The van der Waals surface area contributed by atoms with Gasteiger partial charge in [-0.05, 0) is 61.9 Å². The lowest BCUT2D eigenvalue weighted by molar-refractivity contribution is -0.129. The summed E-state index contributed by atoms with van der Waals surface area (Å²) in [6.07, 6.45) is 1.73. The molecule has 0 unspecified atom stereocenters.